The van der Waals surface area contributed by atoms with Gasteiger partial charge in [-0.3, -0.25) is 4.99 Å². The van der Waals surface area contributed by atoms with Gasteiger partial charge in [0.05, 0.1) is 23.4 Å². The third-order valence-corrected chi connectivity index (χ3v) is 7.19. The summed E-state index contributed by atoms with van der Waals surface area (Å²) in [5, 5.41) is 0.999. The molecule has 0 radical (unpaired) electrons. The molecule has 1 aliphatic rings. The van der Waals surface area contributed by atoms with E-state index in [1.807, 2.05) is 42.7 Å². The zero-order valence-electron chi connectivity index (χ0n) is 23.8. The Labute approximate surface area is 236 Å². The molecule has 0 unspecified atom stereocenters. The molecule has 0 spiro atoms. The molecule has 204 valence electrons. The standard InChI is InChI=1S/C28H26F2N2.C8H10/c1-6-8-9-22-18(4)14-19(5)28-25(22)26-24(13-10-17(3)27(26)31-7-2)32(28)16-20-15-21(29)11-12-23(20)30;1-2-8-6-4-3-5-7-8/h6-13,15H,1,5,14,16H2,2-4H3;3-7H,2H2,1H3/b9-8-,31-7?;. The lowest BCUT2D eigenvalue weighted by atomic mass is 9.85. The minimum Gasteiger partial charge on any atom is -0.336 e. The lowest BCUT2D eigenvalue weighted by Gasteiger charge is -2.22. The molecule has 2 nitrogen and oxygen atoms in total. The first-order chi connectivity index (χ1) is 19.3. The van der Waals surface area contributed by atoms with Gasteiger partial charge in [0.2, 0.25) is 0 Å². The van der Waals surface area contributed by atoms with E-state index in [9.17, 15) is 8.78 Å². The van der Waals surface area contributed by atoms with Gasteiger partial charge >= 0.3 is 0 Å². The van der Waals surface area contributed by atoms with Crippen LogP contribution in [-0.2, 0) is 13.0 Å². The second kappa shape index (κ2) is 12.7. The minimum atomic E-state index is -0.456. The summed E-state index contributed by atoms with van der Waals surface area (Å²) < 4.78 is 30.6. The van der Waals surface area contributed by atoms with E-state index < -0.39 is 11.6 Å². The van der Waals surface area contributed by atoms with Crippen molar-refractivity contribution in [2.24, 2.45) is 4.99 Å². The van der Waals surface area contributed by atoms with E-state index in [0.29, 0.717) is 12.0 Å². The quantitative estimate of drug-likeness (QED) is 0.173. The number of hydrogen-bond donors (Lipinski definition) is 0. The zero-order valence-corrected chi connectivity index (χ0v) is 23.8. The van der Waals surface area contributed by atoms with Crippen molar-refractivity contribution in [2.75, 3.05) is 0 Å². The Hall–Kier alpha value is -4.31. The summed E-state index contributed by atoms with van der Waals surface area (Å²) in [7, 11) is 0. The number of aliphatic imine (C=N–C) groups is 1. The van der Waals surface area contributed by atoms with Gasteiger partial charge in [-0.25, -0.2) is 8.78 Å². The highest BCUT2D eigenvalue weighted by atomic mass is 19.1. The molecule has 0 saturated heterocycles. The van der Waals surface area contributed by atoms with E-state index in [4.69, 9.17) is 4.99 Å². The number of benzene rings is 3. The topological polar surface area (TPSA) is 17.3 Å². The maximum atomic E-state index is 14.6. The Morgan fingerprint density at radius 2 is 1.77 bits per heavy atom. The number of nitrogens with zero attached hydrogens (tertiary/aromatic N) is 2. The monoisotopic (exact) mass is 534 g/mol. The largest absolute Gasteiger partial charge is 0.336 e. The smallest absolute Gasteiger partial charge is 0.128 e. The Kier molecular flexibility index (Phi) is 9.11. The molecule has 0 aliphatic heterocycles. The predicted molar refractivity (Wildman–Crippen MR) is 167 cm³/mol. The predicted octanol–water partition coefficient (Wildman–Crippen LogP) is 10.2. The van der Waals surface area contributed by atoms with Crippen molar-refractivity contribution in [1.82, 2.24) is 4.57 Å². The second-order valence-electron chi connectivity index (χ2n) is 9.97. The Balaban J connectivity index is 0.000000398. The summed E-state index contributed by atoms with van der Waals surface area (Å²) in [6.45, 7) is 16.5. The highest BCUT2D eigenvalue weighted by molar-refractivity contribution is 6.09. The van der Waals surface area contributed by atoms with Crippen LogP contribution < -0.4 is 0 Å². The average Bonchev–Trinajstić information content (AvgIpc) is 3.27. The van der Waals surface area contributed by atoms with Crippen molar-refractivity contribution < 1.29 is 8.78 Å². The van der Waals surface area contributed by atoms with Crippen LogP contribution in [0.4, 0.5) is 14.5 Å². The first-order valence-electron chi connectivity index (χ1n) is 13.6. The molecule has 5 rings (SSSR count). The number of halogens is 2. The third kappa shape index (κ3) is 5.81. The Morgan fingerprint density at radius 3 is 2.42 bits per heavy atom. The van der Waals surface area contributed by atoms with Crippen molar-refractivity contribution in [3.8, 4) is 0 Å². The molecule has 1 aliphatic carbocycles. The van der Waals surface area contributed by atoms with Crippen LogP contribution in [0, 0.1) is 18.6 Å². The molecule has 3 aromatic carbocycles. The molecule has 40 heavy (non-hydrogen) atoms. The van der Waals surface area contributed by atoms with Crippen molar-refractivity contribution in [3.05, 3.63) is 137 Å². The van der Waals surface area contributed by atoms with E-state index in [-0.39, 0.29) is 6.54 Å². The summed E-state index contributed by atoms with van der Waals surface area (Å²) in [5.41, 5.74) is 9.78. The van der Waals surface area contributed by atoms with E-state index in [1.54, 1.807) is 12.3 Å². The maximum absolute atomic E-state index is 14.6. The molecule has 0 amide bonds. The van der Waals surface area contributed by atoms with Crippen LogP contribution in [0.25, 0.3) is 22.0 Å². The summed E-state index contributed by atoms with van der Waals surface area (Å²) in [6.07, 6.45) is 9.36. The number of hydrogen-bond acceptors (Lipinski definition) is 1. The third-order valence-electron chi connectivity index (χ3n) is 7.19. The first-order valence-corrected chi connectivity index (χ1v) is 13.6. The van der Waals surface area contributed by atoms with Crippen molar-refractivity contribution >= 4 is 34.0 Å². The van der Waals surface area contributed by atoms with E-state index >= 15 is 0 Å². The van der Waals surface area contributed by atoms with Crippen LogP contribution in [0.3, 0.4) is 0 Å². The number of allylic oxidation sites excluding steroid dienone is 6. The lowest BCUT2D eigenvalue weighted by Crippen LogP contribution is -2.09. The van der Waals surface area contributed by atoms with Gasteiger partial charge in [-0.1, -0.05) is 80.3 Å². The molecular weight excluding hydrogens is 498 g/mol. The molecule has 1 aromatic heterocycles. The van der Waals surface area contributed by atoms with Gasteiger partial charge in [-0.2, -0.15) is 0 Å². The van der Waals surface area contributed by atoms with Gasteiger partial charge < -0.3 is 4.57 Å². The van der Waals surface area contributed by atoms with E-state index in [0.717, 1.165) is 57.0 Å². The molecule has 0 saturated carbocycles. The lowest BCUT2D eigenvalue weighted by molar-refractivity contribution is 0.578. The van der Waals surface area contributed by atoms with Crippen molar-refractivity contribution in [2.45, 2.75) is 47.1 Å². The molecular formula is C36H36F2N2. The van der Waals surface area contributed by atoms with Crippen LogP contribution in [-0.4, -0.2) is 10.8 Å². The van der Waals surface area contributed by atoms with E-state index in [2.05, 4.69) is 57.3 Å². The number of fused-ring (bicyclic) bond motifs is 3. The van der Waals surface area contributed by atoms with Crippen LogP contribution in [0.15, 0.2) is 103 Å². The minimum absolute atomic E-state index is 0.199. The molecule has 0 fully saturated rings. The summed E-state index contributed by atoms with van der Waals surface area (Å²) >= 11 is 0. The normalized spacial score (nSPS) is 13.2. The number of aromatic nitrogens is 1. The van der Waals surface area contributed by atoms with Crippen molar-refractivity contribution in [1.29, 1.82) is 0 Å². The maximum Gasteiger partial charge on any atom is 0.128 e. The van der Waals surface area contributed by atoms with Gasteiger partial charge in [0, 0.05) is 22.7 Å². The summed E-state index contributed by atoms with van der Waals surface area (Å²) in [5.74, 6) is -0.885. The molecule has 0 atom stereocenters. The molecule has 0 N–H and O–H groups in total. The Bertz CT molecular complexity index is 1650. The highest BCUT2D eigenvalue weighted by Crippen LogP contribution is 2.47. The fourth-order valence-electron chi connectivity index (χ4n) is 5.27. The zero-order chi connectivity index (χ0) is 28.8. The van der Waals surface area contributed by atoms with Gasteiger partial charge in [-0.15, -0.1) is 0 Å². The summed E-state index contributed by atoms with van der Waals surface area (Å²) in [6, 6.07) is 18.1. The highest BCUT2D eigenvalue weighted by Gasteiger charge is 2.28. The van der Waals surface area contributed by atoms with Gasteiger partial charge in [0.25, 0.3) is 0 Å². The second-order valence-corrected chi connectivity index (χ2v) is 9.97. The Morgan fingerprint density at radius 1 is 1.02 bits per heavy atom. The van der Waals surface area contributed by atoms with Crippen LogP contribution in [0.2, 0.25) is 0 Å². The molecule has 4 aromatic rings. The van der Waals surface area contributed by atoms with Crippen LogP contribution >= 0.6 is 0 Å². The van der Waals surface area contributed by atoms with Crippen LogP contribution in [0.1, 0.15) is 55.1 Å². The van der Waals surface area contributed by atoms with Crippen LogP contribution in [0.5, 0.6) is 0 Å². The fraction of sp³-hybridized carbons (Fsp3) is 0.194. The number of rotatable bonds is 6. The average molecular weight is 535 g/mol. The molecule has 1 heterocycles. The first kappa shape index (κ1) is 28.7. The van der Waals surface area contributed by atoms with Crippen molar-refractivity contribution in [3.63, 3.8) is 0 Å². The van der Waals surface area contributed by atoms with Gasteiger partial charge in [0.15, 0.2) is 0 Å². The molecule has 0 bridgehead atoms. The fourth-order valence-corrected chi connectivity index (χ4v) is 5.27. The van der Waals surface area contributed by atoms with E-state index in [1.165, 1.54) is 23.3 Å². The van der Waals surface area contributed by atoms with Gasteiger partial charge in [-0.05, 0) is 80.2 Å². The SMILES string of the molecule is C=C/C=C\C1=C(C)CC(=C)c2c1c1c(N=CC)c(C)ccc1n2Cc1cc(F)ccc1F.CCc1ccccc1. The molecule has 4 heteroatoms. The number of aryl methyl sites for hydroxylation is 2. The summed E-state index contributed by atoms with van der Waals surface area (Å²) in [4.78, 5) is 4.69. The van der Waals surface area contributed by atoms with Gasteiger partial charge in [0.1, 0.15) is 11.6 Å².